The second kappa shape index (κ2) is 4.03. The Bertz CT molecular complexity index is 162. The third-order valence-electron chi connectivity index (χ3n) is 1.16. The molecule has 1 aromatic heterocycles. The second-order valence-electron chi connectivity index (χ2n) is 1.98. The molecule has 0 radical (unpaired) electrons. The van der Waals surface area contributed by atoms with Crippen molar-refractivity contribution in [2.24, 2.45) is 0 Å². The molecular weight excluding hydrogens is 130 g/mol. The summed E-state index contributed by atoms with van der Waals surface area (Å²) < 4.78 is 0. The highest BCUT2D eigenvalue weighted by molar-refractivity contribution is 4.96. The molecule has 0 bridgehead atoms. The van der Waals surface area contributed by atoms with Crippen LogP contribution in [0.25, 0.3) is 0 Å². The number of rotatable bonds is 4. The van der Waals surface area contributed by atoms with Gasteiger partial charge in [-0.15, -0.1) is 0 Å². The van der Waals surface area contributed by atoms with Crippen molar-refractivity contribution in [3.63, 3.8) is 0 Å². The van der Waals surface area contributed by atoms with Crippen LogP contribution >= 0.6 is 0 Å². The molecule has 0 aliphatic rings. The molecule has 0 unspecified atom stereocenters. The highest BCUT2D eigenvalue weighted by Crippen LogP contribution is 1.88. The lowest BCUT2D eigenvalue weighted by atomic mass is 10.4. The number of aromatic amines is 1. The molecule has 0 saturated heterocycles. The summed E-state index contributed by atoms with van der Waals surface area (Å²) in [4.78, 5) is 0. The molecular formula is C6H11N3O. The minimum absolute atomic E-state index is 0.175. The molecule has 0 aliphatic carbocycles. The zero-order valence-electron chi connectivity index (χ0n) is 5.67. The van der Waals surface area contributed by atoms with Crippen molar-refractivity contribution in [3.05, 3.63) is 18.0 Å². The number of nitrogens with one attached hydrogen (secondary N) is 2. The van der Waals surface area contributed by atoms with E-state index in [1.165, 1.54) is 0 Å². The van der Waals surface area contributed by atoms with Crippen molar-refractivity contribution >= 4 is 0 Å². The molecule has 0 amide bonds. The molecule has 1 heterocycles. The maximum absolute atomic E-state index is 8.41. The Morgan fingerprint density at radius 3 is 3.20 bits per heavy atom. The molecule has 0 fully saturated rings. The van der Waals surface area contributed by atoms with Gasteiger partial charge in [-0.3, -0.25) is 5.10 Å². The van der Waals surface area contributed by atoms with Gasteiger partial charge >= 0.3 is 0 Å². The predicted molar refractivity (Wildman–Crippen MR) is 37.4 cm³/mol. The number of aliphatic hydroxyl groups is 1. The summed E-state index contributed by atoms with van der Waals surface area (Å²) in [5, 5.41) is 18.0. The molecule has 0 aliphatic heterocycles. The number of H-pyrrole nitrogens is 1. The molecule has 3 N–H and O–H groups in total. The van der Waals surface area contributed by atoms with E-state index in [2.05, 4.69) is 15.5 Å². The van der Waals surface area contributed by atoms with E-state index in [9.17, 15) is 0 Å². The van der Waals surface area contributed by atoms with E-state index < -0.39 is 0 Å². The Morgan fingerprint density at radius 2 is 2.60 bits per heavy atom. The number of aromatic nitrogens is 2. The SMILES string of the molecule is OCCNCc1ccn[nH]1. The van der Waals surface area contributed by atoms with E-state index in [0.717, 1.165) is 12.2 Å². The number of nitrogens with zero attached hydrogens (tertiary/aromatic N) is 1. The maximum atomic E-state index is 8.41. The normalized spacial score (nSPS) is 10.1. The van der Waals surface area contributed by atoms with Gasteiger partial charge in [0.1, 0.15) is 0 Å². The van der Waals surface area contributed by atoms with Crippen LogP contribution in [0.3, 0.4) is 0 Å². The monoisotopic (exact) mass is 141 g/mol. The van der Waals surface area contributed by atoms with Crippen LogP contribution in [0.5, 0.6) is 0 Å². The zero-order valence-corrected chi connectivity index (χ0v) is 5.67. The molecule has 10 heavy (non-hydrogen) atoms. The Hall–Kier alpha value is -0.870. The minimum Gasteiger partial charge on any atom is -0.395 e. The van der Waals surface area contributed by atoms with E-state index in [0.29, 0.717) is 6.54 Å². The average molecular weight is 141 g/mol. The van der Waals surface area contributed by atoms with Crippen molar-refractivity contribution in [1.29, 1.82) is 0 Å². The summed E-state index contributed by atoms with van der Waals surface area (Å²) in [6.45, 7) is 1.54. The molecule has 1 aromatic rings. The lowest BCUT2D eigenvalue weighted by molar-refractivity contribution is 0.291. The van der Waals surface area contributed by atoms with Gasteiger partial charge in [-0.2, -0.15) is 5.10 Å². The fourth-order valence-corrected chi connectivity index (χ4v) is 0.685. The largest absolute Gasteiger partial charge is 0.395 e. The average Bonchev–Trinajstić information content (AvgIpc) is 2.41. The van der Waals surface area contributed by atoms with Gasteiger partial charge in [0.05, 0.1) is 6.61 Å². The quantitative estimate of drug-likeness (QED) is 0.495. The molecule has 4 heteroatoms. The molecule has 1 rings (SSSR count). The van der Waals surface area contributed by atoms with Crippen molar-refractivity contribution in [2.45, 2.75) is 6.54 Å². The van der Waals surface area contributed by atoms with Gasteiger partial charge in [-0.05, 0) is 6.07 Å². The third kappa shape index (κ3) is 2.16. The number of hydrogen-bond donors (Lipinski definition) is 3. The lowest BCUT2D eigenvalue weighted by Gasteiger charge is -1.97. The van der Waals surface area contributed by atoms with E-state index in [4.69, 9.17) is 5.11 Å². The summed E-state index contributed by atoms with van der Waals surface area (Å²) in [5.74, 6) is 0. The first-order chi connectivity index (χ1) is 4.93. The van der Waals surface area contributed by atoms with Gasteiger partial charge in [-0.25, -0.2) is 0 Å². The van der Waals surface area contributed by atoms with Crippen LogP contribution in [0.15, 0.2) is 12.3 Å². The van der Waals surface area contributed by atoms with Gasteiger partial charge in [0.15, 0.2) is 0 Å². The molecule has 4 nitrogen and oxygen atoms in total. The summed E-state index contributed by atoms with van der Waals surface area (Å²) in [6.07, 6.45) is 1.70. The Labute approximate surface area is 59.3 Å². The third-order valence-corrected chi connectivity index (χ3v) is 1.16. The van der Waals surface area contributed by atoms with E-state index in [1.54, 1.807) is 6.20 Å². The molecule has 0 saturated carbocycles. The molecule has 0 aromatic carbocycles. The van der Waals surface area contributed by atoms with E-state index in [1.807, 2.05) is 6.07 Å². The van der Waals surface area contributed by atoms with Crippen molar-refractivity contribution in [2.75, 3.05) is 13.2 Å². The van der Waals surface area contributed by atoms with Gasteiger partial charge in [-0.1, -0.05) is 0 Å². The van der Waals surface area contributed by atoms with Crippen LogP contribution in [0.1, 0.15) is 5.69 Å². The van der Waals surface area contributed by atoms with Gasteiger partial charge < -0.3 is 10.4 Å². The van der Waals surface area contributed by atoms with Crippen LogP contribution in [0.4, 0.5) is 0 Å². The Kier molecular flexibility index (Phi) is 2.92. The Morgan fingerprint density at radius 1 is 1.70 bits per heavy atom. The number of hydrogen-bond acceptors (Lipinski definition) is 3. The summed E-state index contributed by atoms with van der Waals surface area (Å²) >= 11 is 0. The molecule has 0 spiro atoms. The van der Waals surface area contributed by atoms with E-state index >= 15 is 0 Å². The van der Waals surface area contributed by atoms with Crippen LogP contribution in [0.2, 0.25) is 0 Å². The van der Waals surface area contributed by atoms with Crippen molar-refractivity contribution in [3.8, 4) is 0 Å². The zero-order chi connectivity index (χ0) is 7.23. The summed E-state index contributed by atoms with van der Waals surface area (Å²) in [6, 6.07) is 1.89. The van der Waals surface area contributed by atoms with Crippen LogP contribution < -0.4 is 5.32 Å². The maximum Gasteiger partial charge on any atom is 0.0556 e. The van der Waals surface area contributed by atoms with Gasteiger partial charge in [0.2, 0.25) is 0 Å². The van der Waals surface area contributed by atoms with Gasteiger partial charge in [0.25, 0.3) is 0 Å². The fourth-order valence-electron chi connectivity index (χ4n) is 0.685. The van der Waals surface area contributed by atoms with Crippen LogP contribution in [-0.2, 0) is 6.54 Å². The predicted octanol–water partition coefficient (Wildman–Crippen LogP) is -0.508. The van der Waals surface area contributed by atoms with Crippen molar-refractivity contribution < 1.29 is 5.11 Å². The summed E-state index contributed by atoms with van der Waals surface area (Å²) in [7, 11) is 0. The van der Waals surface area contributed by atoms with Crippen molar-refractivity contribution in [1.82, 2.24) is 15.5 Å². The Balaban J connectivity index is 2.15. The van der Waals surface area contributed by atoms with Gasteiger partial charge in [0, 0.05) is 25.0 Å². The molecule has 56 valence electrons. The highest BCUT2D eigenvalue weighted by Gasteiger charge is 1.89. The second-order valence-corrected chi connectivity index (χ2v) is 1.98. The lowest BCUT2D eigenvalue weighted by Crippen LogP contribution is -2.17. The van der Waals surface area contributed by atoms with E-state index in [-0.39, 0.29) is 6.61 Å². The number of aliphatic hydroxyl groups excluding tert-OH is 1. The standard InChI is InChI=1S/C6H11N3O/c10-4-3-7-5-6-1-2-8-9-6/h1-2,7,10H,3-5H2,(H,8,9). The first kappa shape index (κ1) is 7.24. The smallest absolute Gasteiger partial charge is 0.0556 e. The first-order valence-corrected chi connectivity index (χ1v) is 3.23. The first-order valence-electron chi connectivity index (χ1n) is 3.23. The van der Waals surface area contributed by atoms with Crippen LogP contribution in [-0.4, -0.2) is 28.5 Å². The topological polar surface area (TPSA) is 60.9 Å². The minimum atomic E-state index is 0.175. The fraction of sp³-hybridized carbons (Fsp3) is 0.500. The summed E-state index contributed by atoms with van der Waals surface area (Å²) in [5.41, 5.74) is 1.04. The molecule has 0 atom stereocenters. The highest BCUT2D eigenvalue weighted by atomic mass is 16.3. The van der Waals surface area contributed by atoms with Crippen LogP contribution in [0, 0.1) is 0 Å².